The van der Waals surface area contributed by atoms with Gasteiger partial charge in [-0.1, -0.05) is 18.2 Å². The van der Waals surface area contributed by atoms with Crippen LogP contribution in [0, 0.1) is 5.82 Å². The zero-order valence-corrected chi connectivity index (χ0v) is 21.8. The molecule has 1 aliphatic rings. The number of amidine groups is 1. The molecule has 0 radical (unpaired) electrons. The molecule has 2 aromatic rings. The number of benzene rings is 2. The van der Waals surface area contributed by atoms with Gasteiger partial charge in [-0.25, -0.2) is 4.39 Å². The molecule has 1 aliphatic heterocycles. The Morgan fingerprint density at radius 2 is 1.91 bits per heavy atom. The van der Waals surface area contributed by atoms with Crippen molar-refractivity contribution in [2.75, 3.05) is 6.61 Å². The molecular weight excluding hydrogens is 507 g/mol. The van der Waals surface area contributed by atoms with Gasteiger partial charge in [-0.05, 0) is 92.1 Å². The minimum absolute atomic E-state index is 0.00767. The van der Waals surface area contributed by atoms with Crippen molar-refractivity contribution in [2.24, 2.45) is 4.99 Å². The average Bonchev–Trinajstić information content (AvgIpc) is 3.03. The van der Waals surface area contributed by atoms with Crippen LogP contribution in [0.4, 0.5) is 4.39 Å². The van der Waals surface area contributed by atoms with Crippen molar-refractivity contribution >= 4 is 44.8 Å². The lowest BCUT2D eigenvalue weighted by Gasteiger charge is -2.20. The lowest BCUT2D eigenvalue weighted by Crippen LogP contribution is -2.35. The third-order valence-electron chi connectivity index (χ3n) is 4.68. The summed E-state index contributed by atoms with van der Waals surface area (Å²) in [6, 6.07) is 10.3. The van der Waals surface area contributed by atoms with E-state index in [-0.39, 0.29) is 30.4 Å². The van der Waals surface area contributed by atoms with Crippen LogP contribution in [0.25, 0.3) is 6.08 Å². The van der Waals surface area contributed by atoms with Gasteiger partial charge in [0, 0.05) is 17.6 Å². The van der Waals surface area contributed by atoms with E-state index in [4.69, 9.17) is 9.47 Å². The summed E-state index contributed by atoms with van der Waals surface area (Å²) in [5.74, 6) is 0.613. The molecule has 0 saturated carbocycles. The molecule has 176 valence electrons. The SMILES string of the molecule is CCOc1cc(/C=C2/SC(=NC(C)C)N(C(C)C)C2=O)cc(Br)c1OCc1ccccc1F. The number of halogens is 2. The van der Waals surface area contributed by atoms with E-state index in [0.717, 1.165) is 5.56 Å². The maximum atomic E-state index is 14.0. The molecule has 0 bridgehead atoms. The fourth-order valence-corrected chi connectivity index (χ4v) is 5.05. The van der Waals surface area contributed by atoms with Crippen LogP contribution in [0.3, 0.4) is 0 Å². The van der Waals surface area contributed by atoms with Gasteiger partial charge in [-0.3, -0.25) is 14.7 Å². The van der Waals surface area contributed by atoms with Crippen LogP contribution in [-0.2, 0) is 11.4 Å². The van der Waals surface area contributed by atoms with Crippen LogP contribution in [0.2, 0.25) is 0 Å². The zero-order chi connectivity index (χ0) is 24.1. The van der Waals surface area contributed by atoms with E-state index in [1.165, 1.54) is 17.8 Å². The molecule has 1 heterocycles. The Kier molecular flexibility index (Phi) is 8.59. The predicted molar refractivity (Wildman–Crippen MR) is 136 cm³/mol. The minimum atomic E-state index is -0.321. The second-order valence-corrected chi connectivity index (χ2v) is 9.89. The Bertz CT molecular complexity index is 1090. The highest BCUT2D eigenvalue weighted by Gasteiger charge is 2.35. The Morgan fingerprint density at radius 1 is 1.18 bits per heavy atom. The molecule has 5 nitrogen and oxygen atoms in total. The van der Waals surface area contributed by atoms with Crippen molar-refractivity contribution in [1.82, 2.24) is 4.90 Å². The van der Waals surface area contributed by atoms with Gasteiger partial charge in [-0.2, -0.15) is 0 Å². The Morgan fingerprint density at radius 3 is 2.55 bits per heavy atom. The third kappa shape index (κ3) is 6.18. The largest absolute Gasteiger partial charge is 0.490 e. The lowest BCUT2D eigenvalue weighted by molar-refractivity contribution is -0.123. The number of ether oxygens (including phenoxy) is 2. The van der Waals surface area contributed by atoms with Gasteiger partial charge < -0.3 is 9.47 Å². The standard InChI is InChI=1S/C25H28BrFN2O3S/c1-6-31-21-12-17(11-19(26)23(21)32-14-18-9-7-8-10-20(18)27)13-22-24(30)29(16(4)5)25(33-22)28-15(2)3/h7-13,15-16H,6,14H2,1-5H3/b22-13+,28-25?. The molecule has 1 saturated heterocycles. The van der Waals surface area contributed by atoms with Gasteiger partial charge in [0.1, 0.15) is 12.4 Å². The molecule has 0 atom stereocenters. The first-order valence-electron chi connectivity index (χ1n) is 10.8. The molecule has 1 fully saturated rings. The summed E-state index contributed by atoms with van der Waals surface area (Å²) in [5.41, 5.74) is 1.24. The molecule has 0 unspecified atom stereocenters. The van der Waals surface area contributed by atoms with Crippen LogP contribution in [0.1, 0.15) is 45.7 Å². The van der Waals surface area contributed by atoms with E-state index in [2.05, 4.69) is 20.9 Å². The molecule has 2 aromatic carbocycles. The predicted octanol–water partition coefficient (Wildman–Crippen LogP) is 6.66. The van der Waals surface area contributed by atoms with Gasteiger partial charge in [0.15, 0.2) is 16.7 Å². The van der Waals surface area contributed by atoms with Gasteiger partial charge in [0.2, 0.25) is 0 Å². The zero-order valence-electron chi connectivity index (χ0n) is 19.4. The molecule has 0 spiro atoms. The second kappa shape index (κ2) is 11.2. The number of carbonyl (C=O) groups excluding carboxylic acids is 1. The molecular formula is C25H28BrFN2O3S. The van der Waals surface area contributed by atoms with Crippen molar-refractivity contribution in [2.45, 2.75) is 53.3 Å². The number of nitrogens with zero attached hydrogens (tertiary/aromatic N) is 2. The molecule has 1 amide bonds. The quantitative estimate of drug-likeness (QED) is 0.355. The van der Waals surface area contributed by atoms with Crippen LogP contribution in [0.5, 0.6) is 11.5 Å². The number of hydrogen-bond donors (Lipinski definition) is 0. The number of thioether (sulfide) groups is 1. The minimum Gasteiger partial charge on any atom is -0.490 e. The van der Waals surface area contributed by atoms with Crippen molar-refractivity contribution in [3.63, 3.8) is 0 Å². The lowest BCUT2D eigenvalue weighted by atomic mass is 10.1. The second-order valence-electron chi connectivity index (χ2n) is 8.03. The first-order chi connectivity index (χ1) is 15.7. The summed E-state index contributed by atoms with van der Waals surface area (Å²) >= 11 is 4.93. The highest BCUT2D eigenvalue weighted by Crippen LogP contribution is 2.40. The Hall–Kier alpha value is -2.32. The fourth-order valence-electron chi connectivity index (χ4n) is 3.24. The van der Waals surface area contributed by atoms with E-state index >= 15 is 0 Å². The number of rotatable bonds is 8. The Balaban J connectivity index is 1.92. The van der Waals surface area contributed by atoms with Crippen LogP contribution in [-0.4, -0.2) is 34.7 Å². The smallest absolute Gasteiger partial charge is 0.266 e. The molecule has 3 rings (SSSR count). The van der Waals surface area contributed by atoms with Gasteiger partial charge in [-0.15, -0.1) is 0 Å². The van der Waals surface area contributed by atoms with E-state index in [1.54, 1.807) is 23.1 Å². The maximum absolute atomic E-state index is 14.0. The summed E-state index contributed by atoms with van der Waals surface area (Å²) < 4.78 is 26.4. The summed E-state index contributed by atoms with van der Waals surface area (Å²) in [6.45, 7) is 10.3. The highest BCUT2D eigenvalue weighted by atomic mass is 79.9. The van der Waals surface area contributed by atoms with Crippen molar-refractivity contribution in [3.8, 4) is 11.5 Å². The van der Waals surface area contributed by atoms with E-state index in [0.29, 0.717) is 38.2 Å². The van der Waals surface area contributed by atoms with Crippen LogP contribution >= 0.6 is 27.7 Å². The van der Waals surface area contributed by atoms with Gasteiger partial charge >= 0.3 is 0 Å². The van der Waals surface area contributed by atoms with E-state index in [9.17, 15) is 9.18 Å². The van der Waals surface area contributed by atoms with E-state index < -0.39 is 0 Å². The summed E-state index contributed by atoms with van der Waals surface area (Å²) in [4.78, 5) is 20.0. The third-order valence-corrected chi connectivity index (χ3v) is 6.27. The molecule has 0 N–H and O–H groups in total. The number of amides is 1. The fraction of sp³-hybridized carbons (Fsp3) is 0.360. The first-order valence-corrected chi connectivity index (χ1v) is 12.5. The molecule has 8 heteroatoms. The van der Waals surface area contributed by atoms with E-state index in [1.807, 2.05) is 52.8 Å². The van der Waals surface area contributed by atoms with Crippen molar-refractivity contribution in [3.05, 3.63) is 62.7 Å². The molecule has 33 heavy (non-hydrogen) atoms. The van der Waals surface area contributed by atoms with Crippen LogP contribution in [0.15, 0.2) is 50.8 Å². The summed E-state index contributed by atoms with van der Waals surface area (Å²) in [6.07, 6.45) is 1.83. The number of aliphatic imine (C=N–C) groups is 1. The maximum Gasteiger partial charge on any atom is 0.266 e. The average molecular weight is 535 g/mol. The highest BCUT2D eigenvalue weighted by molar-refractivity contribution is 9.10. The van der Waals surface area contributed by atoms with Gasteiger partial charge in [0.05, 0.1) is 16.0 Å². The summed E-state index contributed by atoms with van der Waals surface area (Å²) in [5, 5.41) is 0.713. The van der Waals surface area contributed by atoms with Gasteiger partial charge in [0.25, 0.3) is 5.91 Å². The first kappa shape index (κ1) is 25.3. The topological polar surface area (TPSA) is 51.1 Å². The number of hydrogen-bond acceptors (Lipinski definition) is 5. The number of carbonyl (C=O) groups is 1. The molecule has 0 aromatic heterocycles. The van der Waals surface area contributed by atoms with Crippen molar-refractivity contribution < 1.29 is 18.7 Å². The van der Waals surface area contributed by atoms with Crippen LogP contribution < -0.4 is 9.47 Å². The Labute approximate surface area is 207 Å². The summed E-state index contributed by atoms with van der Waals surface area (Å²) in [7, 11) is 0. The normalized spacial score (nSPS) is 16.5. The van der Waals surface area contributed by atoms with Crippen molar-refractivity contribution in [1.29, 1.82) is 0 Å². The molecule has 0 aliphatic carbocycles. The monoisotopic (exact) mass is 534 g/mol.